The van der Waals surface area contributed by atoms with Crippen LogP contribution in [0, 0.1) is 20.8 Å². The zero-order valence-corrected chi connectivity index (χ0v) is 13.8. The van der Waals surface area contributed by atoms with E-state index in [-0.39, 0.29) is 6.61 Å². The number of hydrogen-bond donors (Lipinski definition) is 2. The molecule has 0 aliphatic heterocycles. The molecular weight excluding hydrogens is 288 g/mol. The van der Waals surface area contributed by atoms with E-state index in [1.54, 1.807) is 0 Å². The summed E-state index contributed by atoms with van der Waals surface area (Å²) in [4.78, 5) is 4.65. The Morgan fingerprint density at radius 1 is 1.13 bits per heavy atom. The van der Waals surface area contributed by atoms with Crippen molar-refractivity contribution in [2.75, 3.05) is 11.9 Å². The fourth-order valence-corrected chi connectivity index (χ4v) is 2.87. The summed E-state index contributed by atoms with van der Waals surface area (Å²) in [5, 5.41) is 18.2. The van der Waals surface area contributed by atoms with Crippen molar-refractivity contribution in [2.24, 2.45) is 0 Å². The molecule has 0 fully saturated rings. The predicted octanol–water partition coefficient (Wildman–Crippen LogP) is 2.96. The molecule has 23 heavy (non-hydrogen) atoms. The van der Waals surface area contributed by atoms with Gasteiger partial charge in [0.25, 0.3) is 0 Å². The molecular formula is C18H22N4O. The van der Waals surface area contributed by atoms with Crippen molar-refractivity contribution >= 4 is 16.6 Å². The normalized spacial score (nSPS) is 11.1. The van der Waals surface area contributed by atoms with Gasteiger partial charge in [0.15, 0.2) is 0 Å². The van der Waals surface area contributed by atoms with Crippen molar-refractivity contribution in [3.8, 4) is 0 Å². The number of aryl methyl sites for hydroxylation is 2. The van der Waals surface area contributed by atoms with E-state index in [4.69, 9.17) is 5.11 Å². The molecule has 5 nitrogen and oxygen atoms in total. The van der Waals surface area contributed by atoms with Gasteiger partial charge in [-0.2, -0.15) is 5.10 Å². The van der Waals surface area contributed by atoms with Crippen molar-refractivity contribution in [3.63, 3.8) is 0 Å². The lowest BCUT2D eigenvalue weighted by molar-refractivity contribution is 0.268. The molecule has 0 unspecified atom stereocenters. The molecule has 3 aromatic rings. The summed E-state index contributed by atoms with van der Waals surface area (Å²) >= 11 is 0. The van der Waals surface area contributed by atoms with Crippen LogP contribution in [0.15, 0.2) is 30.3 Å². The maximum atomic E-state index is 9.11. The van der Waals surface area contributed by atoms with Crippen molar-refractivity contribution in [1.82, 2.24) is 14.8 Å². The van der Waals surface area contributed by atoms with Gasteiger partial charge in [-0.3, -0.25) is 9.67 Å². The first-order chi connectivity index (χ1) is 11.1. The number of hydrogen-bond acceptors (Lipinski definition) is 4. The smallest absolute Gasteiger partial charge is 0.0936 e. The van der Waals surface area contributed by atoms with Crippen LogP contribution in [-0.2, 0) is 13.1 Å². The summed E-state index contributed by atoms with van der Waals surface area (Å²) in [6.45, 7) is 7.37. The number of benzene rings is 1. The number of aliphatic hydroxyl groups excluding tert-OH is 1. The van der Waals surface area contributed by atoms with Crippen molar-refractivity contribution in [1.29, 1.82) is 0 Å². The van der Waals surface area contributed by atoms with E-state index >= 15 is 0 Å². The van der Waals surface area contributed by atoms with E-state index in [1.165, 1.54) is 5.56 Å². The van der Waals surface area contributed by atoms with Gasteiger partial charge in [0.1, 0.15) is 0 Å². The average Bonchev–Trinajstić information content (AvgIpc) is 2.80. The number of anilines is 1. The Morgan fingerprint density at radius 3 is 2.74 bits per heavy atom. The number of rotatable bonds is 5. The number of aliphatic hydroxyl groups is 1. The Bertz CT molecular complexity index is 838. The fourth-order valence-electron chi connectivity index (χ4n) is 2.87. The second kappa shape index (κ2) is 6.38. The van der Waals surface area contributed by atoms with Gasteiger partial charge < -0.3 is 10.4 Å². The number of pyridine rings is 1. The highest BCUT2D eigenvalue weighted by atomic mass is 16.3. The van der Waals surface area contributed by atoms with E-state index in [0.29, 0.717) is 13.1 Å². The van der Waals surface area contributed by atoms with Gasteiger partial charge in [-0.05, 0) is 32.9 Å². The molecule has 1 aromatic carbocycles. The maximum absolute atomic E-state index is 9.11. The van der Waals surface area contributed by atoms with Crippen molar-refractivity contribution in [3.05, 3.63) is 53.0 Å². The average molecular weight is 310 g/mol. The fraction of sp³-hybridized carbons (Fsp3) is 0.333. The Hall–Kier alpha value is -2.40. The number of nitrogens with zero attached hydrogens (tertiary/aromatic N) is 3. The molecule has 120 valence electrons. The van der Waals surface area contributed by atoms with E-state index in [1.807, 2.05) is 37.6 Å². The Labute approximate surface area is 136 Å². The summed E-state index contributed by atoms with van der Waals surface area (Å²) < 4.78 is 1.86. The molecule has 3 rings (SSSR count). The highest BCUT2D eigenvalue weighted by Gasteiger charge is 2.11. The van der Waals surface area contributed by atoms with Crippen LogP contribution in [0.4, 0.5) is 5.69 Å². The lowest BCUT2D eigenvalue weighted by Crippen LogP contribution is -2.07. The molecule has 0 bridgehead atoms. The molecule has 0 atom stereocenters. The van der Waals surface area contributed by atoms with Gasteiger partial charge >= 0.3 is 0 Å². The molecule has 0 amide bonds. The van der Waals surface area contributed by atoms with Crippen LogP contribution in [0.5, 0.6) is 0 Å². The van der Waals surface area contributed by atoms with Crippen LogP contribution in [0.2, 0.25) is 0 Å². The topological polar surface area (TPSA) is 63.0 Å². The van der Waals surface area contributed by atoms with Gasteiger partial charge in [-0.25, -0.2) is 0 Å². The number of nitrogens with one attached hydrogen (secondary N) is 1. The molecule has 2 N–H and O–H groups in total. The maximum Gasteiger partial charge on any atom is 0.0936 e. The summed E-state index contributed by atoms with van der Waals surface area (Å²) in [7, 11) is 0. The largest absolute Gasteiger partial charge is 0.394 e. The van der Waals surface area contributed by atoms with Crippen LogP contribution in [0.1, 0.15) is 22.6 Å². The van der Waals surface area contributed by atoms with Crippen LogP contribution < -0.4 is 5.32 Å². The molecule has 5 heteroatoms. The Kier molecular flexibility index (Phi) is 4.30. The first-order valence-corrected chi connectivity index (χ1v) is 7.84. The lowest BCUT2D eigenvalue weighted by atomic mass is 10.1. The van der Waals surface area contributed by atoms with Crippen LogP contribution >= 0.6 is 0 Å². The van der Waals surface area contributed by atoms with E-state index in [2.05, 4.69) is 33.6 Å². The second-order valence-corrected chi connectivity index (χ2v) is 5.78. The molecule has 0 radical (unpaired) electrons. The van der Waals surface area contributed by atoms with Crippen LogP contribution in [-0.4, -0.2) is 26.5 Å². The lowest BCUT2D eigenvalue weighted by Gasteiger charge is -2.10. The Balaban J connectivity index is 1.88. The SMILES string of the molecule is Cc1ccc2cccc(NCc3c(C)nn(CCO)c3C)c2n1. The summed E-state index contributed by atoms with van der Waals surface area (Å²) in [6.07, 6.45) is 0. The monoisotopic (exact) mass is 310 g/mol. The standard InChI is InChI=1S/C18H22N4O/c1-12-7-8-15-5-4-6-17(18(15)20-12)19-11-16-13(2)21-22(9-10-23)14(16)3/h4-8,19,23H,9-11H2,1-3H3. The highest BCUT2D eigenvalue weighted by molar-refractivity contribution is 5.90. The Morgan fingerprint density at radius 2 is 1.96 bits per heavy atom. The molecule has 0 aliphatic carbocycles. The molecule has 0 aliphatic rings. The van der Waals surface area contributed by atoms with Gasteiger partial charge in [0.2, 0.25) is 0 Å². The first kappa shape index (κ1) is 15.5. The van der Waals surface area contributed by atoms with Crippen molar-refractivity contribution < 1.29 is 5.11 Å². The third-order valence-electron chi connectivity index (χ3n) is 4.16. The minimum Gasteiger partial charge on any atom is -0.394 e. The number of para-hydroxylation sites is 1. The summed E-state index contributed by atoms with van der Waals surface area (Å²) in [6, 6.07) is 10.3. The van der Waals surface area contributed by atoms with Crippen molar-refractivity contribution in [2.45, 2.75) is 33.9 Å². The third-order valence-corrected chi connectivity index (χ3v) is 4.16. The van der Waals surface area contributed by atoms with E-state index in [0.717, 1.165) is 33.7 Å². The second-order valence-electron chi connectivity index (χ2n) is 5.78. The molecule has 2 aromatic heterocycles. The zero-order valence-electron chi connectivity index (χ0n) is 13.8. The van der Waals surface area contributed by atoms with E-state index < -0.39 is 0 Å². The third kappa shape index (κ3) is 3.05. The van der Waals surface area contributed by atoms with Gasteiger partial charge in [-0.1, -0.05) is 18.2 Å². The summed E-state index contributed by atoms with van der Waals surface area (Å²) in [5.41, 5.74) is 6.28. The minimum absolute atomic E-state index is 0.0986. The highest BCUT2D eigenvalue weighted by Crippen LogP contribution is 2.23. The molecule has 0 saturated heterocycles. The number of fused-ring (bicyclic) bond motifs is 1. The van der Waals surface area contributed by atoms with Crippen LogP contribution in [0.3, 0.4) is 0 Å². The molecule has 0 saturated carbocycles. The molecule has 2 heterocycles. The first-order valence-electron chi connectivity index (χ1n) is 7.84. The summed E-state index contributed by atoms with van der Waals surface area (Å²) in [5.74, 6) is 0. The van der Waals surface area contributed by atoms with Crippen LogP contribution in [0.25, 0.3) is 10.9 Å². The van der Waals surface area contributed by atoms with E-state index in [9.17, 15) is 0 Å². The minimum atomic E-state index is 0.0986. The predicted molar refractivity (Wildman–Crippen MR) is 92.6 cm³/mol. The zero-order chi connectivity index (χ0) is 16.4. The van der Waals surface area contributed by atoms with Gasteiger partial charge in [0.05, 0.1) is 30.0 Å². The number of aromatic nitrogens is 3. The van der Waals surface area contributed by atoms with Gasteiger partial charge in [0, 0.05) is 28.9 Å². The van der Waals surface area contributed by atoms with Gasteiger partial charge in [-0.15, -0.1) is 0 Å². The quantitative estimate of drug-likeness (QED) is 0.760. The molecule has 0 spiro atoms.